The maximum atomic E-state index is 10.1. The van der Waals surface area contributed by atoms with Crippen LogP contribution in [-0.4, -0.2) is 51.5 Å². The summed E-state index contributed by atoms with van der Waals surface area (Å²) in [7, 11) is 0. The molecule has 0 heterocycles. The van der Waals surface area contributed by atoms with E-state index < -0.39 is 24.3 Å². The van der Waals surface area contributed by atoms with Crippen LogP contribution in [0.3, 0.4) is 0 Å². The van der Waals surface area contributed by atoms with E-state index in [1.807, 2.05) is 0 Å². The summed E-state index contributed by atoms with van der Waals surface area (Å²) in [6.07, 6.45) is 0.252. The van der Waals surface area contributed by atoms with Crippen molar-refractivity contribution in [1.29, 1.82) is 0 Å². The molecule has 0 aliphatic carbocycles. The van der Waals surface area contributed by atoms with Gasteiger partial charge in [0, 0.05) is 12.2 Å². The van der Waals surface area contributed by atoms with Crippen LogP contribution in [0.4, 0.5) is 0 Å². The molecule has 0 fully saturated rings. The van der Waals surface area contributed by atoms with E-state index in [2.05, 4.69) is 22.8 Å². The molecular formula is C11H20O8. The number of aliphatic hydroxyl groups excluding tert-OH is 3. The number of hydrogen-bond donors (Lipinski definition) is 4. The third-order valence-electron chi connectivity index (χ3n) is 0.974. The fraction of sp³-hybridized carbons (Fsp3) is 0.455. The van der Waals surface area contributed by atoms with Crippen molar-refractivity contribution in [3.63, 3.8) is 0 Å². The Morgan fingerprint density at radius 3 is 1.58 bits per heavy atom. The van der Waals surface area contributed by atoms with E-state index in [1.54, 1.807) is 0 Å². The first-order chi connectivity index (χ1) is 8.74. The molecule has 112 valence electrons. The molecular weight excluding hydrogens is 260 g/mol. The van der Waals surface area contributed by atoms with E-state index in [-0.39, 0.29) is 6.61 Å². The number of rotatable bonds is 4. The second-order valence-electron chi connectivity index (χ2n) is 2.89. The van der Waals surface area contributed by atoms with E-state index in [4.69, 9.17) is 20.6 Å². The highest BCUT2D eigenvalue weighted by Crippen LogP contribution is 1.84. The van der Waals surface area contributed by atoms with Crippen LogP contribution in [0.2, 0.25) is 0 Å². The predicted molar refractivity (Wildman–Crippen MR) is 65.7 cm³/mol. The Hall–Kier alpha value is -1.74. The van der Waals surface area contributed by atoms with Gasteiger partial charge in [-0.2, -0.15) is 5.26 Å². The summed E-state index contributed by atoms with van der Waals surface area (Å²) < 4.78 is 4.20. The molecule has 0 aliphatic heterocycles. The van der Waals surface area contributed by atoms with Crippen molar-refractivity contribution in [2.45, 2.75) is 26.2 Å². The van der Waals surface area contributed by atoms with Crippen LogP contribution in [0.5, 0.6) is 0 Å². The van der Waals surface area contributed by atoms with Crippen molar-refractivity contribution in [3.05, 3.63) is 25.3 Å². The van der Waals surface area contributed by atoms with Crippen molar-refractivity contribution >= 4 is 11.9 Å². The van der Waals surface area contributed by atoms with E-state index in [9.17, 15) is 9.59 Å². The number of aliphatic hydroxyl groups is 3. The van der Waals surface area contributed by atoms with Crippen LogP contribution < -0.4 is 0 Å². The second kappa shape index (κ2) is 16.3. The van der Waals surface area contributed by atoms with Gasteiger partial charge in [-0.05, 0) is 13.8 Å². The molecule has 0 radical (unpaired) electrons. The topological polar surface area (TPSA) is 134 Å². The van der Waals surface area contributed by atoms with Crippen molar-refractivity contribution in [2.75, 3.05) is 6.61 Å². The monoisotopic (exact) mass is 280 g/mol. The summed E-state index contributed by atoms with van der Waals surface area (Å²) in [4.78, 5) is 22.9. The Morgan fingerprint density at radius 2 is 1.53 bits per heavy atom. The summed E-state index contributed by atoms with van der Waals surface area (Å²) in [6, 6.07) is 0. The van der Waals surface area contributed by atoms with Gasteiger partial charge in [0.15, 0.2) is 6.29 Å². The Morgan fingerprint density at radius 1 is 1.16 bits per heavy atom. The molecule has 0 spiro atoms. The minimum absolute atomic E-state index is 0.139. The first-order valence-corrected chi connectivity index (χ1v) is 5.02. The number of carbonyl (C=O) groups excluding carboxylic acids is 2. The van der Waals surface area contributed by atoms with Gasteiger partial charge in [-0.25, -0.2) is 9.59 Å². The minimum Gasteiger partial charge on any atom is -0.433 e. The van der Waals surface area contributed by atoms with Gasteiger partial charge in [0.2, 0.25) is 0 Å². The lowest BCUT2D eigenvalue weighted by Gasteiger charge is -2.01. The molecule has 2 unspecified atom stereocenters. The Kier molecular flexibility index (Phi) is 19.2. The van der Waals surface area contributed by atoms with Crippen molar-refractivity contribution in [2.24, 2.45) is 0 Å². The molecule has 0 amide bonds. The van der Waals surface area contributed by atoms with Crippen molar-refractivity contribution < 1.29 is 39.8 Å². The first-order valence-electron chi connectivity index (χ1n) is 5.02. The molecule has 0 aromatic rings. The van der Waals surface area contributed by atoms with Crippen molar-refractivity contribution in [3.8, 4) is 0 Å². The van der Waals surface area contributed by atoms with Crippen LogP contribution in [0.15, 0.2) is 25.3 Å². The van der Waals surface area contributed by atoms with E-state index in [0.717, 1.165) is 12.2 Å². The molecule has 0 saturated carbocycles. The summed E-state index contributed by atoms with van der Waals surface area (Å²) in [6.45, 7) is 8.86. The van der Waals surface area contributed by atoms with Gasteiger partial charge in [-0.15, -0.1) is 0 Å². The molecule has 0 saturated heterocycles. The van der Waals surface area contributed by atoms with E-state index in [0.29, 0.717) is 0 Å². The zero-order valence-electron chi connectivity index (χ0n) is 10.9. The van der Waals surface area contributed by atoms with Crippen LogP contribution in [0.25, 0.3) is 0 Å². The van der Waals surface area contributed by atoms with Gasteiger partial charge in [0.1, 0.15) is 0 Å². The summed E-state index contributed by atoms with van der Waals surface area (Å²) >= 11 is 0. The summed E-state index contributed by atoms with van der Waals surface area (Å²) in [5.74, 6) is -1.45. The lowest BCUT2D eigenvalue weighted by atomic mass is 10.5. The fourth-order valence-electron chi connectivity index (χ4n) is 0.253. The fourth-order valence-corrected chi connectivity index (χ4v) is 0.253. The van der Waals surface area contributed by atoms with Crippen LogP contribution in [0, 0.1) is 0 Å². The zero-order chi connectivity index (χ0) is 15.8. The smallest absolute Gasteiger partial charge is 0.365 e. The minimum atomic E-state index is -1.04. The molecule has 0 aromatic carbocycles. The Balaban J connectivity index is -0.000000209. The largest absolute Gasteiger partial charge is 0.433 e. The number of esters is 1. The van der Waals surface area contributed by atoms with Crippen LogP contribution in [0.1, 0.15) is 13.8 Å². The highest BCUT2D eigenvalue weighted by molar-refractivity contribution is 5.81. The van der Waals surface area contributed by atoms with Crippen LogP contribution in [-0.2, 0) is 19.2 Å². The highest BCUT2D eigenvalue weighted by Gasteiger charge is 1.97. The standard InChI is InChI=1S/C5H8O3.C3H4O3.C3H8O2/c1-3-5(7)8-4(2)6;1-2-3(4)6-5;1-3(5)2-4/h3-4,6H,1H2,2H3;2,5H,1H2;3-5H,2H2,1H3. The van der Waals surface area contributed by atoms with Crippen LogP contribution >= 0.6 is 0 Å². The molecule has 19 heavy (non-hydrogen) atoms. The quantitative estimate of drug-likeness (QED) is 0.180. The van der Waals surface area contributed by atoms with Gasteiger partial charge in [-0.3, -0.25) is 4.89 Å². The van der Waals surface area contributed by atoms with E-state index >= 15 is 0 Å². The zero-order valence-corrected chi connectivity index (χ0v) is 10.9. The third-order valence-corrected chi connectivity index (χ3v) is 0.974. The van der Waals surface area contributed by atoms with E-state index in [1.165, 1.54) is 13.8 Å². The average Bonchev–Trinajstić information content (AvgIpc) is 2.38. The number of ether oxygens (including phenoxy) is 1. The first kappa shape index (κ1) is 22.4. The second-order valence-corrected chi connectivity index (χ2v) is 2.89. The summed E-state index contributed by atoms with van der Waals surface area (Å²) in [5, 5.41) is 31.8. The molecule has 0 aliphatic rings. The molecule has 8 heteroatoms. The highest BCUT2D eigenvalue weighted by atomic mass is 17.1. The number of carbonyl (C=O) groups is 2. The lowest BCUT2D eigenvalue weighted by molar-refractivity contribution is -0.228. The number of hydrogen-bond acceptors (Lipinski definition) is 8. The van der Waals surface area contributed by atoms with Gasteiger partial charge in [0.05, 0.1) is 12.7 Å². The normalized spacial score (nSPS) is 11.3. The maximum absolute atomic E-state index is 10.1. The molecule has 8 nitrogen and oxygen atoms in total. The summed E-state index contributed by atoms with van der Waals surface area (Å²) in [5.41, 5.74) is 0. The van der Waals surface area contributed by atoms with Gasteiger partial charge >= 0.3 is 11.9 Å². The molecule has 0 bridgehead atoms. The lowest BCUT2D eigenvalue weighted by Crippen LogP contribution is -2.10. The van der Waals surface area contributed by atoms with Gasteiger partial charge in [0.25, 0.3) is 0 Å². The maximum Gasteiger partial charge on any atom is 0.365 e. The van der Waals surface area contributed by atoms with Crippen molar-refractivity contribution in [1.82, 2.24) is 0 Å². The van der Waals surface area contributed by atoms with Gasteiger partial charge in [-0.1, -0.05) is 13.2 Å². The predicted octanol–water partition coefficient (Wildman–Crippen LogP) is -0.398. The molecule has 0 aromatic heterocycles. The Labute approximate surface area is 111 Å². The average molecular weight is 280 g/mol. The Bertz CT molecular complexity index is 259. The molecule has 2 atom stereocenters. The van der Waals surface area contributed by atoms with Gasteiger partial charge < -0.3 is 20.1 Å². The third kappa shape index (κ3) is 31.4. The SMILES string of the molecule is C=CC(=O)OC(C)O.C=CC(=O)OO.CC(O)CO. The molecule has 4 N–H and O–H groups in total. The molecule has 0 rings (SSSR count).